The van der Waals surface area contributed by atoms with Crippen LogP contribution in [-0.4, -0.2) is 26.6 Å². The molecule has 3 aromatic heterocycles. The second-order valence-corrected chi connectivity index (χ2v) is 4.60. The molecule has 1 amide bonds. The molecule has 3 rings (SSSR count). The van der Waals surface area contributed by atoms with Gasteiger partial charge >= 0.3 is 11.6 Å². The Morgan fingerprint density at radius 1 is 1.27 bits per heavy atom. The minimum atomic E-state index is -0.493. The maximum Gasteiger partial charge on any atom is 0.350 e. The van der Waals surface area contributed by atoms with Gasteiger partial charge in [0, 0.05) is 24.9 Å². The van der Waals surface area contributed by atoms with Crippen molar-refractivity contribution in [1.29, 1.82) is 0 Å². The smallest absolute Gasteiger partial charge is 0.350 e. The van der Waals surface area contributed by atoms with Crippen LogP contribution in [0.5, 0.6) is 0 Å². The second kappa shape index (κ2) is 5.68. The molecule has 0 bridgehead atoms. The molecule has 0 saturated carbocycles. The van der Waals surface area contributed by atoms with E-state index in [0.29, 0.717) is 10.4 Å². The summed E-state index contributed by atoms with van der Waals surface area (Å²) in [6, 6.07) is 9.83. The van der Waals surface area contributed by atoms with Gasteiger partial charge in [0.2, 0.25) is 0 Å². The van der Waals surface area contributed by atoms with Crippen molar-refractivity contribution in [2.75, 3.05) is 6.54 Å². The largest absolute Gasteiger partial charge is 0.618 e. The highest BCUT2D eigenvalue weighted by Gasteiger charge is 2.14. The van der Waals surface area contributed by atoms with Crippen molar-refractivity contribution in [3.05, 3.63) is 70.2 Å². The van der Waals surface area contributed by atoms with E-state index < -0.39 is 5.91 Å². The molecule has 0 aliphatic rings. The summed E-state index contributed by atoms with van der Waals surface area (Å²) in [5.74, 6) is -0.493. The quantitative estimate of drug-likeness (QED) is 0.522. The molecule has 0 saturated heterocycles. The van der Waals surface area contributed by atoms with Gasteiger partial charge in [-0.3, -0.25) is 9.20 Å². The monoisotopic (exact) mass is 299 g/mol. The van der Waals surface area contributed by atoms with E-state index in [2.05, 4.69) is 10.4 Å². The highest BCUT2D eigenvalue weighted by Crippen LogP contribution is 1.95. The minimum absolute atomic E-state index is 0.00449. The van der Waals surface area contributed by atoms with Gasteiger partial charge in [-0.2, -0.15) is 4.73 Å². The van der Waals surface area contributed by atoms with Crippen LogP contribution in [-0.2, 0) is 6.54 Å². The van der Waals surface area contributed by atoms with Gasteiger partial charge in [0.1, 0.15) is 0 Å². The van der Waals surface area contributed by atoms with E-state index in [1.165, 1.54) is 21.3 Å². The van der Waals surface area contributed by atoms with Crippen LogP contribution in [0.3, 0.4) is 0 Å². The molecule has 22 heavy (non-hydrogen) atoms. The summed E-state index contributed by atoms with van der Waals surface area (Å²) in [5.41, 5.74) is 0.271. The average molecular weight is 299 g/mol. The lowest BCUT2D eigenvalue weighted by atomic mass is 10.3. The fourth-order valence-corrected chi connectivity index (χ4v) is 2.08. The van der Waals surface area contributed by atoms with Crippen molar-refractivity contribution < 1.29 is 9.52 Å². The van der Waals surface area contributed by atoms with E-state index >= 15 is 0 Å². The topological polar surface area (TPSA) is 95.3 Å². The number of carbonyl (C=O) groups excluding carboxylic acids is 1. The first-order valence-electron chi connectivity index (χ1n) is 6.67. The third-order valence-electron chi connectivity index (χ3n) is 3.15. The molecular formula is C14H13N5O3. The number of aromatic nitrogens is 4. The van der Waals surface area contributed by atoms with Crippen LogP contribution in [0.1, 0.15) is 10.5 Å². The molecule has 3 heterocycles. The highest BCUT2D eigenvalue weighted by molar-refractivity contribution is 5.90. The van der Waals surface area contributed by atoms with E-state index in [-0.39, 0.29) is 24.5 Å². The normalized spacial score (nSPS) is 10.7. The SMILES string of the molecule is O=C(NCCn1nc2ccccn2c1=O)c1cccc[n+]1[O-]. The molecule has 1 N–H and O–H groups in total. The molecule has 0 spiro atoms. The van der Waals surface area contributed by atoms with E-state index in [0.717, 1.165) is 0 Å². The van der Waals surface area contributed by atoms with Gasteiger partial charge in [-0.05, 0) is 18.2 Å². The summed E-state index contributed by atoms with van der Waals surface area (Å²) in [7, 11) is 0. The zero-order valence-electron chi connectivity index (χ0n) is 11.5. The zero-order valence-corrected chi connectivity index (χ0v) is 11.5. The molecule has 112 valence electrons. The van der Waals surface area contributed by atoms with Gasteiger partial charge in [0.05, 0.1) is 6.54 Å². The Morgan fingerprint density at radius 2 is 2.09 bits per heavy atom. The van der Waals surface area contributed by atoms with Crippen molar-refractivity contribution in [2.45, 2.75) is 6.54 Å². The molecule has 0 aliphatic heterocycles. The summed E-state index contributed by atoms with van der Waals surface area (Å²) >= 11 is 0. The predicted molar refractivity (Wildman–Crippen MR) is 77.2 cm³/mol. The molecule has 0 aliphatic carbocycles. The molecule has 8 nitrogen and oxygen atoms in total. The molecule has 0 fully saturated rings. The first kappa shape index (κ1) is 13.8. The number of rotatable bonds is 4. The molecule has 0 aromatic carbocycles. The van der Waals surface area contributed by atoms with Crippen LogP contribution in [0.25, 0.3) is 5.65 Å². The van der Waals surface area contributed by atoms with Crippen molar-refractivity contribution in [2.24, 2.45) is 0 Å². The number of amides is 1. The first-order valence-corrected chi connectivity index (χ1v) is 6.67. The van der Waals surface area contributed by atoms with Crippen LogP contribution in [0.4, 0.5) is 0 Å². The Hall–Kier alpha value is -3.16. The maximum atomic E-state index is 12.0. The lowest BCUT2D eigenvalue weighted by molar-refractivity contribution is -0.607. The van der Waals surface area contributed by atoms with E-state index in [1.807, 2.05) is 0 Å². The number of fused-ring (bicyclic) bond motifs is 1. The van der Waals surface area contributed by atoms with Crippen LogP contribution >= 0.6 is 0 Å². The summed E-state index contributed by atoms with van der Waals surface area (Å²) in [6.45, 7) is 0.412. The van der Waals surface area contributed by atoms with Gasteiger partial charge in [-0.25, -0.2) is 9.48 Å². The first-order chi connectivity index (χ1) is 10.7. The third kappa shape index (κ3) is 2.53. The Morgan fingerprint density at radius 3 is 2.86 bits per heavy atom. The molecular weight excluding hydrogens is 286 g/mol. The number of nitrogens with zero attached hydrogens (tertiary/aromatic N) is 4. The van der Waals surface area contributed by atoms with Gasteiger partial charge in [0.25, 0.3) is 5.69 Å². The lowest BCUT2D eigenvalue weighted by Crippen LogP contribution is -2.40. The average Bonchev–Trinajstić information content (AvgIpc) is 2.84. The number of carbonyl (C=O) groups is 1. The summed E-state index contributed by atoms with van der Waals surface area (Å²) in [5, 5.41) is 18.2. The van der Waals surface area contributed by atoms with Crippen molar-refractivity contribution in [3.8, 4) is 0 Å². The van der Waals surface area contributed by atoms with Crippen molar-refractivity contribution >= 4 is 11.6 Å². The maximum absolute atomic E-state index is 12.0. The van der Waals surface area contributed by atoms with Crippen LogP contribution in [0.15, 0.2) is 53.6 Å². The number of nitrogens with one attached hydrogen (secondary N) is 1. The number of hydrogen-bond acceptors (Lipinski definition) is 4. The molecule has 0 unspecified atom stereocenters. The predicted octanol–water partition coefficient (Wildman–Crippen LogP) is -0.441. The van der Waals surface area contributed by atoms with Gasteiger partial charge in [-0.1, -0.05) is 6.07 Å². The van der Waals surface area contributed by atoms with E-state index in [9.17, 15) is 14.8 Å². The van der Waals surface area contributed by atoms with Crippen molar-refractivity contribution in [3.63, 3.8) is 0 Å². The Labute approximate surface area is 124 Å². The zero-order chi connectivity index (χ0) is 15.5. The van der Waals surface area contributed by atoms with Crippen LogP contribution < -0.4 is 15.7 Å². The Balaban J connectivity index is 1.68. The van der Waals surface area contributed by atoms with Gasteiger partial charge < -0.3 is 10.5 Å². The van der Waals surface area contributed by atoms with Crippen molar-refractivity contribution in [1.82, 2.24) is 19.5 Å². The molecule has 3 aromatic rings. The second-order valence-electron chi connectivity index (χ2n) is 4.60. The van der Waals surface area contributed by atoms with E-state index in [4.69, 9.17) is 0 Å². The van der Waals surface area contributed by atoms with Gasteiger partial charge in [0.15, 0.2) is 11.8 Å². The molecule has 0 radical (unpaired) electrons. The molecule has 8 heteroatoms. The molecule has 0 atom stereocenters. The van der Waals surface area contributed by atoms with Gasteiger partial charge in [-0.15, -0.1) is 5.10 Å². The highest BCUT2D eigenvalue weighted by atomic mass is 16.5. The summed E-state index contributed by atoms with van der Waals surface area (Å²) in [6.07, 6.45) is 2.88. The Bertz CT molecular complexity index is 883. The summed E-state index contributed by atoms with van der Waals surface area (Å²) < 4.78 is 3.18. The fraction of sp³-hybridized carbons (Fsp3) is 0.143. The Kier molecular flexibility index (Phi) is 3.57. The number of hydrogen-bond donors (Lipinski definition) is 1. The summed E-state index contributed by atoms with van der Waals surface area (Å²) in [4.78, 5) is 23.9. The van der Waals surface area contributed by atoms with E-state index in [1.54, 1.807) is 36.5 Å². The lowest BCUT2D eigenvalue weighted by Gasteiger charge is -2.05. The minimum Gasteiger partial charge on any atom is -0.618 e. The number of pyridine rings is 2. The fourth-order valence-electron chi connectivity index (χ4n) is 2.08. The third-order valence-corrected chi connectivity index (χ3v) is 3.15. The van der Waals surface area contributed by atoms with Crippen LogP contribution in [0, 0.1) is 5.21 Å². The van der Waals surface area contributed by atoms with Crippen LogP contribution in [0.2, 0.25) is 0 Å². The standard InChI is InChI=1S/C14H13N5O3/c20-13(11-5-1-4-9-19(11)22)15-7-10-18-14(21)17-8-3-2-6-12(17)16-18/h1-6,8-9H,7,10H2,(H,15,20).